The minimum atomic E-state index is -3.75. The summed E-state index contributed by atoms with van der Waals surface area (Å²) < 4.78 is 33.4. The van der Waals surface area contributed by atoms with E-state index in [-0.39, 0.29) is 10.1 Å². The molecule has 1 heterocycles. The smallest absolute Gasteiger partial charge is 0.238 e. The van der Waals surface area contributed by atoms with Crippen molar-refractivity contribution in [1.82, 2.24) is 9.24 Å². The number of primary sulfonamides is 1. The van der Waals surface area contributed by atoms with Gasteiger partial charge in [0.25, 0.3) is 0 Å². The van der Waals surface area contributed by atoms with Crippen LogP contribution in [-0.4, -0.2) is 36.9 Å². The van der Waals surface area contributed by atoms with Crippen molar-refractivity contribution in [2.75, 3.05) is 14.1 Å². The van der Waals surface area contributed by atoms with Crippen LogP contribution in [0.5, 0.6) is 0 Å². The molecule has 180 valence electrons. The molecule has 1 aromatic heterocycles. The highest BCUT2D eigenvalue weighted by molar-refractivity contribution is 7.89. The van der Waals surface area contributed by atoms with Crippen LogP contribution in [-0.2, 0) is 16.6 Å². The number of aryl methyl sites for hydroxylation is 1. The van der Waals surface area contributed by atoms with Crippen LogP contribution in [0, 0.1) is 0 Å². The molecule has 3 aromatic carbocycles. The van der Waals surface area contributed by atoms with E-state index in [2.05, 4.69) is 93.5 Å². The topological polar surface area (TPSA) is 80.7 Å². The van der Waals surface area contributed by atoms with Gasteiger partial charge in [-0.2, -0.15) is 0 Å². The van der Waals surface area contributed by atoms with Crippen LogP contribution in [0.2, 0.25) is 0 Å². The van der Waals surface area contributed by atoms with Crippen LogP contribution < -0.4 is 10.4 Å². The molecule has 0 amide bonds. The Labute approximate surface area is 202 Å². The van der Waals surface area contributed by atoms with E-state index < -0.39 is 17.2 Å². The third-order valence-electron chi connectivity index (χ3n) is 6.37. The lowest BCUT2D eigenvalue weighted by Crippen LogP contribution is -2.32. The minimum Gasteiger partial charge on any atom is -0.341 e. The summed E-state index contributed by atoms with van der Waals surface area (Å²) in [7, 11) is -1.88. The van der Waals surface area contributed by atoms with Crippen molar-refractivity contribution < 1.29 is 8.42 Å². The van der Waals surface area contributed by atoms with Gasteiger partial charge in [-0.3, -0.25) is 4.67 Å². The molecule has 34 heavy (non-hydrogen) atoms. The number of nitrogens with zero attached hydrogens (tertiary/aromatic N) is 3. The van der Waals surface area contributed by atoms with Crippen molar-refractivity contribution in [2.24, 2.45) is 9.88 Å². The van der Waals surface area contributed by atoms with Crippen LogP contribution >= 0.6 is 7.21 Å². The van der Waals surface area contributed by atoms with Gasteiger partial charge in [0, 0.05) is 38.8 Å². The highest BCUT2D eigenvalue weighted by atomic mass is 32.2. The van der Waals surface area contributed by atoms with Crippen molar-refractivity contribution in [3.05, 3.63) is 66.7 Å². The maximum atomic E-state index is 11.7. The number of aromatic nitrogens is 1. The van der Waals surface area contributed by atoms with Crippen molar-refractivity contribution >= 4 is 50.0 Å². The van der Waals surface area contributed by atoms with E-state index in [0.717, 1.165) is 12.2 Å². The Balaban J connectivity index is 2.04. The predicted octanol–water partition coefficient (Wildman–Crippen LogP) is 5.90. The van der Waals surface area contributed by atoms with E-state index in [9.17, 15) is 8.42 Å². The molecule has 0 saturated heterocycles. The van der Waals surface area contributed by atoms with E-state index in [0.29, 0.717) is 0 Å². The van der Waals surface area contributed by atoms with Crippen LogP contribution in [0.25, 0.3) is 21.8 Å². The Hall–Kier alpha value is -2.44. The average Bonchev–Trinajstić information content (AvgIpc) is 3.09. The molecule has 0 spiro atoms. The van der Waals surface area contributed by atoms with Crippen molar-refractivity contribution in [1.29, 1.82) is 0 Å². The highest BCUT2D eigenvalue weighted by Gasteiger charge is 2.38. The van der Waals surface area contributed by atoms with Crippen LogP contribution in [0.1, 0.15) is 27.7 Å². The summed E-state index contributed by atoms with van der Waals surface area (Å²) in [5.41, 5.74) is 3.19. The number of para-hydroxylation sites is 1. The second-order valence-corrected chi connectivity index (χ2v) is 15.3. The first-order valence-electron chi connectivity index (χ1n) is 11.3. The van der Waals surface area contributed by atoms with E-state index in [1.807, 2.05) is 0 Å². The minimum absolute atomic E-state index is 0.0878. The molecule has 0 aliphatic carbocycles. The molecule has 0 bridgehead atoms. The van der Waals surface area contributed by atoms with Crippen LogP contribution in [0.3, 0.4) is 0 Å². The largest absolute Gasteiger partial charge is 0.341 e. The molecule has 2 N–H and O–H groups in total. The van der Waals surface area contributed by atoms with Gasteiger partial charge in [0.15, 0.2) is 0 Å². The molecular weight excluding hydrogens is 463 g/mol. The molecule has 4 rings (SSSR count). The van der Waals surface area contributed by atoms with Gasteiger partial charge in [-0.25, -0.2) is 18.3 Å². The lowest BCUT2D eigenvalue weighted by molar-refractivity contribution is 0.598. The molecule has 1 atom stereocenters. The molecule has 0 fully saturated rings. The van der Waals surface area contributed by atoms with E-state index in [1.165, 1.54) is 39.2 Å². The Kier molecular flexibility index (Phi) is 6.28. The average molecular weight is 497 g/mol. The number of nitrogens with two attached hydrogens (primary N) is 1. The van der Waals surface area contributed by atoms with Gasteiger partial charge in [-0.15, -0.1) is 0 Å². The van der Waals surface area contributed by atoms with Gasteiger partial charge in [0.2, 0.25) is 10.0 Å². The molecule has 0 radical (unpaired) electrons. The fourth-order valence-corrected chi connectivity index (χ4v) is 9.57. The van der Waals surface area contributed by atoms with Crippen molar-refractivity contribution in [3.8, 4) is 0 Å². The maximum Gasteiger partial charge on any atom is 0.238 e. The van der Waals surface area contributed by atoms with Gasteiger partial charge in [0.1, 0.15) is 0 Å². The Morgan fingerprint density at radius 2 is 1.56 bits per heavy atom. The first kappa shape index (κ1) is 24.7. The lowest BCUT2D eigenvalue weighted by atomic mass is 10.1. The van der Waals surface area contributed by atoms with Gasteiger partial charge < -0.3 is 4.57 Å². The monoisotopic (exact) mass is 496 g/mol. The Morgan fingerprint density at radius 1 is 0.941 bits per heavy atom. The van der Waals surface area contributed by atoms with Gasteiger partial charge in [-0.1, -0.05) is 39.0 Å². The summed E-state index contributed by atoms with van der Waals surface area (Å²) in [6, 6.07) is 21.8. The number of sulfonamides is 1. The third-order valence-corrected chi connectivity index (χ3v) is 11.8. The van der Waals surface area contributed by atoms with E-state index >= 15 is 0 Å². The summed E-state index contributed by atoms with van der Waals surface area (Å²) in [4.78, 5) is 0.0878. The summed E-state index contributed by atoms with van der Waals surface area (Å²) >= 11 is 0. The molecule has 0 aliphatic heterocycles. The SMILES string of the molecule is CCn1c2ccccc2c2cc([P@](=Nc3ccc(S(N)(=O)=O)cc3)(N(C)C)C(C)(C)C)ccc21. The van der Waals surface area contributed by atoms with Crippen molar-refractivity contribution in [2.45, 2.75) is 44.3 Å². The highest BCUT2D eigenvalue weighted by Crippen LogP contribution is 2.63. The van der Waals surface area contributed by atoms with E-state index in [4.69, 9.17) is 9.88 Å². The van der Waals surface area contributed by atoms with Crippen LogP contribution in [0.15, 0.2) is 76.4 Å². The first-order chi connectivity index (χ1) is 15.9. The fourth-order valence-electron chi connectivity index (χ4n) is 4.96. The second kappa shape index (κ2) is 8.65. The van der Waals surface area contributed by atoms with Gasteiger partial charge >= 0.3 is 0 Å². The fraction of sp³-hybridized carbons (Fsp3) is 0.308. The number of rotatable bonds is 5. The summed E-state index contributed by atoms with van der Waals surface area (Å²) in [6.45, 7) is 9.75. The molecular formula is C26H33N4O2PS. The van der Waals surface area contributed by atoms with Gasteiger partial charge in [0.05, 0.1) is 17.8 Å². The molecule has 4 aromatic rings. The molecule has 6 nitrogen and oxygen atoms in total. The number of hydrogen-bond acceptors (Lipinski definition) is 3. The summed E-state index contributed by atoms with van der Waals surface area (Å²) in [6.07, 6.45) is 0. The predicted molar refractivity (Wildman–Crippen MR) is 145 cm³/mol. The second-order valence-electron chi connectivity index (χ2n) is 9.72. The number of hydrogen-bond donors (Lipinski definition) is 1. The van der Waals surface area contributed by atoms with Crippen molar-refractivity contribution in [3.63, 3.8) is 0 Å². The summed E-state index contributed by atoms with van der Waals surface area (Å²) in [5, 5.41) is 8.77. The zero-order valence-corrected chi connectivity index (χ0v) is 22.4. The number of fused-ring (bicyclic) bond motifs is 3. The lowest BCUT2D eigenvalue weighted by Gasteiger charge is -2.42. The Bertz CT molecular complexity index is 1530. The zero-order valence-electron chi connectivity index (χ0n) is 20.6. The number of benzene rings is 3. The van der Waals surface area contributed by atoms with Crippen LogP contribution in [0.4, 0.5) is 5.69 Å². The normalized spacial score (nSPS) is 14.6. The third kappa shape index (κ3) is 4.01. The molecule has 0 aliphatic rings. The molecule has 0 unspecified atom stereocenters. The quantitative estimate of drug-likeness (QED) is 0.350. The maximum absolute atomic E-state index is 11.7. The zero-order chi connectivity index (χ0) is 24.9. The van der Waals surface area contributed by atoms with Gasteiger partial charge in [-0.05, 0) is 69.6 Å². The summed E-state index contributed by atoms with van der Waals surface area (Å²) in [5.74, 6) is 0. The first-order valence-corrected chi connectivity index (χ1v) is 14.6. The standard InChI is InChI=1S/C26H33N4O2PS/c1-7-30-24-11-9-8-10-22(24)23-18-20(14-17-25(23)30)33(29(5)6,26(2,3)4)28-19-12-15-21(16-13-19)34(27,31)32/h8-18H,7H2,1-6H3,(H2,27,31,32)/t33-/m0/s1. The molecule has 0 saturated carbocycles. The molecule has 8 heteroatoms. The Morgan fingerprint density at radius 3 is 2.12 bits per heavy atom. The van der Waals surface area contributed by atoms with E-state index in [1.54, 1.807) is 12.1 Å².